The van der Waals surface area contributed by atoms with Crippen LogP contribution in [0.25, 0.3) is 0 Å². The van der Waals surface area contributed by atoms with Crippen molar-refractivity contribution in [3.05, 3.63) is 48.6 Å². The van der Waals surface area contributed by atoms with Crippen LogP contribution in [0.1, 0.15) is 284 Å². The number of allylic oxidation sites excluding steroid dienone is 8. The first-order valence-corrected chi connectivity index (χ1v) is 27.2. The molecule has 1 atom stereocenters. The Bertz CT molecular complexity index is 1030. The Morgan fingerprint density at radius 1 is 0.371 bits per heavy atom. The molecule has 1 N–H and O–H groups in total. The topological polar surface area (TPSA) is 72.8 Å². The van der Waals surface area contributed by atoms with Gasteiger partial charge in [0.1, 0.15) is 6.61 Å². The Morgan fingerprint density at radius 2 is 0.677 bits per heavy atom. The fourth-order valence-electron chi connectivity index (χ4n) is 7.98. The molecule has 0 saturated carbocycles. The first-order chi connectivity index (χ1) is 30.6. The minimum atomic E-state index is -0.776. The van der Waals surface area contributed by atoms with Crippen LogP contribution in [0.3, 0.4) is 0 Å². The molecule has 62 heavy (non-hydrogen) atoms. The standard InChI is InChI=1S/C57H104O5/c1-3-5-7-9-11-13-15-17-18-19-20-21-22-23-24-25-26-27-28-29-30-31-32-33-34-35-36-37-38-40-42-44-46-48-50-52-57(60)62-55(53-58)54-61-56(59)51-49-47-45-43-41-39-16-14-12-10-8-6-4-2/h8,10,14-17,19-20,55,58H,3-7,9,11-13,18,21-54H2,1-2H3/b10-8-,16-14-,17-15-,20-19-. The highest BCUT2D eigenvalue weighted by atomic mass is 16.6. The van der Waals surface area contributed by atoms with E-state index in [1.165, 1.54) is 193 Å². The van der Waals surface area contributed by atoms with Gasteiger partial charge >= 0.3 is 11.9 Å². The second kappa shape index (κ2) is 53.2. The maximum absolute atomic E-state index is 12.3. The summed E-state index contributed by atoms with van der Waals surface area (Å²) in [6.07, 6.45) is 69.6. The summed E-state index contributed by atoms with van der Waals surface area (Å²) in [6, 6.07) is 0. The van der Waals surface area contributed by atoms with Crippen LogP contribution >= 0.6 is 0 Å². The number of unbranched alkanes of at least 4 members (excludes halogenated alkanes) is 34. The lowest BCUT2D eigenvalue weighted by Gasteiger charge is -2.15. The lowest BCUT2D eigenvalue weighted by molar-refractivity contribution is -0.161. The number of carbonyl (C=O) groups excluding carboxylic acids is 2. The Kier molecular flexibility index (Phi) is 51.4. The predicted molar refractivity (Wildman–Crippen MR) is 270 cm³/mol. The Balaban J connectivity index is 3.39. The number of carbonyl (C=O) groups is 2. The molecule has 0 fully saturated rings. The maximum Gasteiger partial charge on any atom is 0.306 e. The summed E-state index contributed by atoms with van der Waals surface area (Å²) < 4.78 is 10.7. The molecule has 0 aliphatic rings. The van der Waals surface area contributed by atoms with Gasteiger partial charge in [0.2, 0.25) is 0 Å². The van der Waals surface area contributed by atoms with E-state index in [2.05, 4.69) is 62.5 Å². The molecule has 0 bridgehead atoms. The van der Waals surface area contributed by atoms with Crippen molar-refractivity contribution >= 4 is 11.9 Å². The van der Waals surface area contributed by atoms with Gasteiger partial charge in [-0.05, 0) is 70.6 Å². The van der Waals surface area contributed by atoms with Crippen molar-refractivity contribution in [2.75, 3.05) is 13.2 Å². The molecule has 0 heterocycles. The highest BCUT2D eigenvalue weighted by Gasteiger charge is 2.16. The van der Waals surface area contributed by atoms with Gasteiger partial charge in [0.15, 0.2) is 6.10 Å². The van der Waals surface area contributed by atoms with Crippen LogP contribution in [0.2, 0.25) is 0 Å². The van der Waals surface area contributed by atoms with Crippen molar-refractivity contribution < 1.29 is 24.2 Å². The summed E-state index contributed by atoms with van der Waals surface area (Å²) in [6.45, 7) is 4.07. The Morgan fingerprint density at radius 3 is 1.02 bits per heavy atom. The highest BCUT2D eigenvalue weighted by molar-refractivity contribution is 5.70. The number of esters is 2. The van der Waals surface area contributed by atoms with Crippen LogP contribution < -0.4 is 0 Å². The lowest BCUT2D eigenvalue weighted by Crippen LogP contribution is -2.28. The second-order valence-corrected chi connectivity index (χ2v) is 18.3. The van der Waals surface area contributed by atoms with E-state index in [0.29, 0.717) is 12.8 Å². The molecular weight excluding hydrogens is 765 g/mol. The van der Waals surface area contributed by atoms with Crippen LogP contribution in [0.5, 0.6) is 0 Å². The normalized spacial score (nSPS) is 12.5. The summed E-state index contributed by atoms with van der Waals surface area (Å²) in [7, 11) is 0. The van der Waals surface area contributed by atoms with Gasteiger partial charge in [-0.15, -0.1) is 0 Å². The van der Waals surface area contributed by atoms with Crippen molar-refractivity contribution in [1.29, 1.82) is 0 Å². The third-order valence-corrected chi connectivity index (χ3v) is 12.1. The van der Waals surface area contributed by atoms with Crippen LogP contribution in [-0.2, 0) is 19.1 Å². The number of aliphatic hydroxyl groups is 1. The predicted octanol–water partition coefficient (Wildman–Crippen LogP) is 18.1. The molecule has 5 heteroatoms. The summed E-state index contributed by atoms with van der Waals surface area (Å²) in [5, 5.41) is 9.61. The fraction of sp³-hybridized carbons (Fsp3) is 0.825. The van der Waals surface area contributed by atoms with Gasteiger partial charge in [0.05, 0.1) is 6.61 Å². The zero-order valence-electron chi connectivity index (χ0n) is 41.4. The molecule has 5 nitrogen and oxygen atoms in total. The molecule has 362 valence electrons. The minimum absolute atomic E-state index is 0.0707. The fourth-order valence-corrected chi connectivity index (χ4v) is 7.98. The second-order valence-electron chi connectivity index (χ2n) is 18.3. The average molecular weight is 869 g/mol. The molecule has 1 unspecified atom stereocenters. The lowest BCUT2D eigenvalue weighted by atomic mass is 10.0. The van der Waals surface area contributed by atoms with E-state index in [1.54, 1.807) is 0 Å². The van der Waals surface area contributed by atoms with Gasteiger partial charge in [-0.2, -0.15) is 0 Å². The third-order valence-electron chi connectivity index (χ3n) is 12.1. The van der Waals surface area contributed by atoms with E-state index < -0.39 is 6.10 Å². The molecule has 0 rings (SSSR count). The van der Waals surface area contributed by atoms with Crippen LogP contribution in [0.15, 0.2) is 48.6 Å². The molecule has 0 aliphatic heterocycles. The number of ether oxygens (including phenoxy) is 2. The number of rotatable bonds is 50. The van der Waals surface area contributed by atoms with Gasteiger partial charge in [-0.1, -0.05) is 249 Å². The Labute approximate surface area is 386 Å². The summed E-state index contributed by atoms with van der Waals surface area (Å²) in [5.41, 5.74) is 0. The van der Waals surface area contributed by atoms with Crippen molar-refractivity contribution in [2.45, 2.75) is 290 Å². The van der Waals surface area contributed by atoms with E-state index >= 15 is 0 Å². The first-order valence-electron chi connectivity index (χ1n) is 27.2. The third kappa shape index (κ3) is 50.5. The van der Waals surface area contributed by atoms with Gasteiger partial charge in [0.25, 0.3) is 0 Å². The molecule has 0 amide bonds. The molecule has 0 spiro atoms. The zero-order chi connectivity index (χ0) is 44.9. The van der Waals surface area contributed by atoms with Gasteiger partial charge in [-0.25, -0.2) is 0 Å². The Hall–Kier alpha value is -2.14. The van der Waals surface area contributed by atoms with Gasteiger partial charge < -0.3 is 14.6 Å². The van der Waals surface area contributed by atoms with Crippen LogP contribution in [0, 0.1) is 0 Å². The molecule has 0 aromatic heterocycles. The van der Waals surface area contributed by atoms with Gasteiger partial charge in [0, 0.05) is 12.8 Å². The van der Waals surface area contributed by atoms with E-state index in [4.69, 9.17) is 9.47 Å². The van der Waals surface area contributed by atoms with Crippen molar-refractivity contribution in [3.8, 4) is 0 Å². The largest absolute Gasteiger partial charge is 0.462 e. The highest BCUT2D eigenvalue weighted by Crippen LogP contribution is 2.17. The number of hydrogen-bond donors (Lipinski definition) is 1. The maximum atomic E-state index is 12.3. The molecule has 0 radical (unpaired) electrons. The monoisotopic (exact) mass is 869 g/mol. The molecular formula is C57H104O5. The quantitative estimate of drug-likeness (QED) is 0.0375. The SMILES string of the molecule is CCC/C=C\C/C=C\CCCCCCCC(=O)OCC(CO)OC(=O)CCCCCCCCCCCCCCCCCCCCCCCCC/C=C\C/C=C\CCCCCCC. The molecule has 0 aromatic rings. The van der Waals surface area contributed by atoms with Crippen molar-refractivity contribution in [1.82, 2.24) is 0 Å². The van der Waals surface area contributed by atoms with E-state index in [9.17, 15) is 14.7 Å². The zero-order valence-corrected chi connectivity index (χ0v) is 41.4. The summed E-state index contributed by atoms with van der Waals surface area (Å²) in [4.78, 5) is 24.4. The van der Waals surface area contributed by atoms with Crippen LogP contribution in [0.4, 0.5) is 0 Å². The van der Waals surface area contributed by atoms with E-state index in [1.807, 2.05) is 0 Å². The first kappa shape index (κ1) is 59.9. The smallest absolute Gasteiger partial charge is 0.306 e. The molecule has 0 aliphatic carbocycles. The minimum Gasteiger partial charge on any atom is -0.462 e. The van der Waals surface area contributed by atoms with Crippen LogP contribution in [-0.4, -0.2) is 36.4 Å². The molecule has 0 aromatic carbocycles. The van der Waals surface area contributed by atoms with Crippen molar-refractivity contribution in [3.63, 3.8) is 0 Å². The van der Waals surface area contributed by atoms with Gasteiger partial charge in [-0.3, -0.25) is 9.59 Å². The van der Waals surface area contributed by atoms with E-state index in [-0.39, 0.29) is 25.2 Å². The summed E-state index contributed by atoms with van der Waals surface area (Å²) in [5.74, 6) is -0.598. The number of hydrogen-bond acceptors (Lipinski definition) is 5. The molecule has 0 saturated heterocycles. The average Bonchev–Trinajstić information content (AvgIpc) is 3.28. The van der Waals surface area contributed by atoms with E-state index in [0.717, 1.165) is 64.2 Å². The number of aliphatic hydroxyl groups excluding tert-OH is 1. The van der Waals surface area contributed by atoms with Crippen molar-refractivity contribution in [2.24, 2.45) is 0 Å². The summed E-state index contributed by atoms with van der Waals surface area (Å²) >= 11 is 0.